The molecule has 3 aliphatic rings. The van der Waals surface area contributed by atoms with Crippen molar-refractivity contribution in [3.8, 4) is 0 Å². The Balaban J connectivity index is 0.0000101. The maximum atomic E-state index is 14.2. The maximum absolute atomic E-state index is 14.2. The van der Waals surface area contributed by atoms with Crippen molar-refractivity contribution < 1.29 is 81.0 Å². The number of rotatable bonds is 7. The van der Waals surface area contributed by atoms with E-state index in [1.165, 1.54) is 21.0 Å². The molecule has 0 amide bonds. The van der Waals surface area contributed by atoms with Gasteiger partial charge in [0.25, 0.3) is 0 Å². The summed E-state index contributed by atoms with van der Waals surface area (Å²) in [5, 5.41) is 72.0. The van der Waals surface area contributed by atoms with Crippen LogP contribution in [0.5, 0.6) is 0 Å². The van der Waals surface area contributed by atoms with Crippen LogP contribution in [0, 0.1) is 23.7 Å². The molecule has 0 aliphatic carbocycles. The third-order valence-electron chi connectivity index (χ3n) is 12.2. The van der Waals surface area contributed by atoms with Crippen LogP contribution >= 0.6 is 0 Å². The number of ether oxygens (including phenoxy) is 6. The Morgan fingerprint density at radius 3 is 2.06 bits per heavy atom. The summed E-state index contributed by atoms with van der Waals surface area (Å²) < 4.78 is 37.2. The number of nitrogens with zero attached hydrogens (tertiary/aromatic N) is 2. The predicted molar refractivity (Wildman–Crippen MR) is 193 cm³/mol. The van der Waals surface area contributed by atoms with Crippen molar-refractivity contribution in [1.29, 1.82) is 0 Å². The monoisotopic (exact) mass is 799 g/mol. The molecule has 0 bridgehead atoms. The second-order valence-corrected chi connectivity index (χ2v) is 17.3. The molecule has 318 valence electrons. The number of carbonyl (C=O) groups excluding carboxylic acids is 1. The number of likely N-dealkylation sites (N-methyl/N-ethyl adjacent to an activating group) is 1. The predicted octanol–water partition coefficient (Wildman–Crippen LogP) is -1.56. The van der Waals surface area contributed by atoms with Crippen molar-refractivity contribution in [2.24, 2.45) is 34.7 Å². The Morgan fingerprint density at radius 1 is 0.944 bits per heavy atom. The molecule has 3 fully saturated rings. The zero-order valence-electron chi connectivity index (χ0n) is 34.4. The topological polar surface area (TPSA) is 232 Å². The van der Waals surface area contributed by atoms with Crippen molar-refractivity contribution in [2.75, 3.05) is 21.2 Å². The van der Waals surface area contributed by atoms with Crippen molar-refractivity contribution in [2.45, 2.75) is 179 Å². The van der Waals surface area contributed by atoms with Gasteiger partial charge in [-0.05, 0) is 54.4 Å². The van der Waals surface area contributed by atoms with E-state index >= 15 is 0 Å². The quantitative estimate of drug-likeness (QED) is 0.0508. The Bertz CT molecular complexity index is 1250. The third kappa shape index (κ3) is 10.4. The molecule has 0 aromatic heterocycles. The summed E-state index contributed by atoms with van der Waals surface area (Å²) in [6.45, 7) is 16.5. The first-order chi connectivity index (χ1) is 24.3. The van der Waals surface area contributed by atoms with Gasteiger partial charge in [0, 0.05) is 37.7 Å². The number of esters is 1. The minimum atomic E-state index is -1.98. The fraction of sp³-hybridized carbons (Fsp3) is 0.946. The van der Waals surface area contributed by atoms with Gasteiger partial charge in [0.2, 0.25) is 0 Å². The van der Waals surface area contributed by atoms with Crippen LogP contribution < -0.4 is 18.2 Å². The molecule has 3 heterocycles. The second kappa shape index (κ2) is 18.6. The van der Waals surface area contributed by atoms with Gasteiger partial charge in [-0.1, -0.05) is 32.9 Å². The molecule has 0 spiro atoms. The van der Waals surface area contributed by atoms with E-state index in [0.717, 1.165) is 0 Å². The van der Waals surface area contributed by atoms with E-state index in [4.69, 9.17) is 34.3 Å². The average molecular weight is 800 g/mol. The smallest absolute Gasteiger partial charge is 0.311 e. The minimum Gasteiger partial charge on any atom is -1.00 e. The zero-order valence-corrected chi connectivity index (χ0v) is 35.1. The van der Waals surface area contributed by atoms with Crippen molar-refractivity contribution in [3.05, 3.63) is 0 Å². The van der Waals surface area contributed by atoms with Crippen LogP contribution in [0.25, 0.3) is 0 Å². The Morgan fingerprint density at radius 2 is 1.54 bits per heavy atom. The highest BCUT2D eigenvalue weighted by Gasteiger charge is 2.54. The van der Waals surface area contributed by atoms with Crippen LogP contribution in [-0.4, -0.2) is 152 Å². The molecule has 18 atom stereocenters. The van der Waals surface area contributed by atoms with Gasteiger partial charge in [-0.15, -0.1) is 0 Å². The first-order valence-corrected chi connectivity index (χ1v) is 19.0. The van der Waals surface area contributed by atoms with Gasteiger partial charge in [-0.2, -0.15) is 5.84 Å². The Labute approximate surface area is 327 Å². The molecule has 16 nitrogen and oxygen atoms in total. The molecule has 0 saturated carbocycles. The normalized spacial score (nSPS) is 48.4. The van der Waals surface area contributed by atoms with E-state index in [-0.39, 0.29) is 48.1 Å². The van der Waals surface area contributed by atoms with Crippen molar-refractivity contribution in [3.63, 3.8) is 0 Å². The first-order valence-electron chi connectivity index (χ1n) is 19.0. The number of aliphatic hydroxyl groups is 5. The molecule has 3 aliphatic heterocycles. The molecule has 0 radical (unpaired) electrons. The summed E-state index contributed by atoms with van der Waals surface area (Å²) >= 11 is 0. The van der Waals surface area contributed by atoms with Crippen molar-refractivity contribution in [1.82, 2.24) is 0 Å². The number of hydrogen-bond acceptors (Lipinski definition) is 15. The first kappa shape index (κ1) is 48.9. The van der Waals surface area contributed by atoms with Crippen LogP contribution in [0.2, 0.25) is 0 Å². The number of halogens is 1. The molecule has 17 heteroatoms. The molecular weight excluding hydrogens is 730 g/mol. The van der Waals surface area contributed by atoms with Gasteiger partial charge in [0.15, 0.2) is 18.7 Å². The largest absolute Gasteiger partial charge is 1.00 e. The number of quaternary nitrogens is 1. The summed E-state index contributed by atoms with van der Waals surface area (Å²) in [7, 11) is 4.99. The summed E-state index contributed by atoms with van der Waals surface area (Å²) in [5.41, 5.74) is -4.75. The van der Waals surface area contributed by atoms with Gasteiger partial charge in [-0.3, -0.25) is 4.79 Å². The SMILES string of the molecule is CC[C@H]1OC(=O)[C@H](C)[C@@H](O[C@@H]2C[C@](C)(OC)[C@H](O)[C@@H](C)O2)[C@H](C)[C@@H](O[C@H]2O[C@@H](C)C[C@@H]([N+](C)(C)N)[C@@H]2O)[C@](C)(O)C[C@@H](C)/C(=N\O)[C@H](C)[C@@H](O)[C@]1(C)O.[Cl-]. The molecule has 0 aromatic rings. The van der Waals surface area contributed by atoms with E-state index < -0.39 is 108 Å². The number of nitrogens with two attached hydrogens (primary N) is 1. The summed E-state index contributed by atoms with van der Waals surface area (Å²) in [6, 6.07) is -0.494. The lowest BCUT2D eigenvalue weighted by Crippen LogP contribution is -3.00. The lowest BCUT2D eigenvalue weighted by Gasteiger charge is -2.49. The number of methoxy groups -OCH3 is 1. The molecule has 8 N–H and O–H groups in total. The molecule has 0 unspecified atom stereocenters. The highest BCUT2D eigenvalue weighted by atomic mass is 35.5. The highest BCUT2D eigenvalue weighted by Crippen LogP contribution is 2.41. The molecular formula is C37H70ClN3O13. The van der Waals surface area contributed by atoms with Crippen molar-refractivity contribution >= 4 is 11.7 Å². The van der Waals surface area contributed by atoms with Crippen LogP contribution in [0.1, 0.15) is 94.9 Å². The minimum absolute atomic E-state index is 0. The number of oxime groups is 1. The number of aliphatic hydroxyl groups excluding tert-OH is 3. The van der Waals surface area contributed by atoms with E-state index in [2.05, 4.69) is 5.16 Å². The van der Waals surface area contributed by atoms with Gasteiger partial charge in [0.05, 0.1) is 67.4 Å². The number of cyclic esters (lactones) is 1. The van der Waals surface area contributed by atoms with Gasteiger partial charge in [-0.25, -0.2) is 4.59 Å². The summed E-state index contributed by atoms with van der Waals surface area (Å²) in [5.74, 6) is 2.10. The third-order valence-corrected chi connectivity index (χ3v) is 12.2. The van der Waals surface area contributed by atoms with Crippen LogP contribution in [0.15, 0.2) is 5.16 Å². The average Bonchev–Trinajstić information content (AvgIpc) is 3.06. The van der Waals surface area contributed by atoms with E-state index in [1.807, 2.05) is 6.92 Å². The fourth-order valence-corrected chi connectivity index (χ4v) is 8.76. The maximum Gasteiger partial charge on any atom is 0.311 e. The molecule has 3 rings (SSSR count). The van der Waals surface area contributed by atoms with Crippen LogP contribution in [0.3, 0.4) is 0 Å². The molecule has 3 saturated heterocycles. The lowest BCUT2D eigenvalue weighted by molar-refractivity contribution is -0.933. The van der Waals surface area contributed by atoms with Crippen LogP contribution in [-0.2, 0) is 33.2 Å². The Kier molecular flexibility index (Phi) is 16.8. The van der Waals surface area contributed by atoms with E-state index in [0.29, 0.717) is 6.42 Å². The fourth-order valence-electron chi connectivity index (χ4n) is 8.76. The lowest BCUT2D eigenvalue weighted by atomic mass is 9.73. The number of hydrogen-bond donors (Lipinski definition) is 7. The highest BCUT2D eigenvalue weighted by molar-refractivity contribution is 5.88. The molecule has 0 aromatic carbocycles. The van der Waals surface area contributed by atoms with Gasteiger partial charge < -0.3 is 71.6 Å². The zero-order chi connectivity index (χ0) is 40.6. The summed E-state index contributed by atoms with van der Waals surface area (Å²) in [6.07, 6.45) is -10.1. The van der Waals surface area contributed by atoms with Gasteiger partial charge >= 0.3 is 5.97 Å². The second-order valence-electron chi connectivity index (χ2n) is 17.3. The summed E-state index contributed by atoms with van der Waals surface area (Å²) in [4.78, 5) is 14.2. The standard InChI is InChI=1S/C37H69N3O13.ClH/c1-14-25-37(10,46)30(42)20(4)27(39-47)18(2)16-35(8,45)32(53-34-28(41)24(40(11,12)38)15-19(3)49-34)21(5)29(22(6)33(44)51-25)52-26-17-36(9,48-13)31(43)23(7)50-26;/h18-26,28-32,34,41-43,45-46H,14-17,38H2,1-13H3;1H/b39-27+;/t18-,19+,20+,21+,22-,23-,24-,25-,26-,28+,29+,30-,31-,32-,34-,35-,36+,37-;/m1./s1. The Hall–Kier alpha value is -1.25. The van der Waals surface area contributed by atoms with E-state index in [9.17, 15) is 35.5 Å². The number of carbonyl (C=O) groups is 1. The van der Waals surface area contributed by atoms with Gasteiger partial charge in [0.1, 0.15) is 23.9 Å². The molecule has 54 heavy (non-hydrogen) atoms. The van der Waals surface area contributed by atoms with E-state index in [1.54, 1.807) is 62.6 Å². The van der Waals surface area contributed by atoms with Crippen LogP contribution in [0.4, 0.5) is 0 Å².